The topological polar surface area (TPSA) is 8.17 Å². The lowest BCUT2D eigenvalue weighted by atomic mass is 9.33. The van der Waals surface area contributed by atoms with Crippen molar-refractivity contribution in [2.75, 3.05) is 4.90 Å². The quantitative estimate of drug-likeness (QED) is 0.270. The molecule has 0 unspecified atom stereocenters. The van der Waals surface area contributed by atoms with E-state index in [1.165, 1.54) is 92.9 Å². The highest BCUT2D eigenvalue weighted by atomic mass is 15.2. The van der Waals surface area contributed by atoms with Crippen molar-refractivity contribution in [2.45, 2.75) is 57.9 Å². The van der Waals surface area contributed by atoms with Gasteiger partial charge in [0.2, 0.25) is 0 Å². The van der Waals surface area contributed by atoms with Gasteiger partial charge in [0, 0.05) is 38.9 Å². The van der Waals surface area contributed by atoms with Gasteiger partial charge in [-0.3, -0.25) is 0 Å². The lowest BCUT2D eigenvalue weighted by molar-refractivity contribution is 0.318. The highest BCUT2D eigenvalue weighted by molar-refractivity contribution is 7.00. The van der Waals surface area contributed by atoms with Crippen LogP contribution in [0.5, 0.6) is 0 Å². The number of aryl methyl sites for hydroxylation is 1. The number of aromatic nitrogens is 1. The van der Waals surface area contributed by atoms with E-state index >= 15 is 0 Å². The molecule has 36 heavy (non-hydrogen) atoms. The second kappa shape index (κ2) is 7.29. The lowest BCUT2D eigenvalue weighted by Crippen LogP contribution is -2.64. The number of benzene rings is 4. The van der Waals surface area contributed by atoms with Crippen molar-refractivity contribution < 1.29 is 0 Å². The minimum absolute atomic E-state index is 0.142. The van der Waals surface area contributed by atoms with Gasteiger partial charge in [0.05, 0.1) is 5.52 Å². The first-order valence-corrected chi connectivity index (χ1v) is 13.8. The molecule has 2 nitrogen and oxygen atoms in total. The van der Waals surface area contributed by atoms with Gasteiger partial charge in [0.15, 0.2) is 0 Å². The first kappa shape index (κ1) is 20.7. The second-order valence-corrected chi connectivity index (χ2v) is 11.3. The zero-order valence-corrected chi connectivity index (χ0v) is 21.2. The maximum Gasteiger partial charge on any atom is 0.252 e. The van der Waals surface area contributed by atoms with E-state index in [0.717, 1.165) is 6.42 Å². The molecule has 3 aliphatic rings. The molecule has 1 aromatic heterocycles. The normalized spacial score (nSPS) is 17.4. The van der Waals surface area contributed by atoms with E-state index in [9.17, 15) is 0 Å². The standard InChI is InChI=1S/C33H31BN2/c1-3-22-12-9-15-25-31(22)36(33(2)20-7-4-8-21-33)29-19-11-18-28-30(29)34(25)26-16-10-14-24-23-13-5-6-17-27(23)35(28)32(24)26/h5-6,9-19H,3-4,7-8,20-21H2,1-2H3. The Labute approximate surface area is 213 Å². The molecule has 0 spiro atoms. The van der Waals surface area contributed by atoms with Crippen LogP contribution in [-0.4, -0.2) is 16.8 Å². The maximum absolute atomic E-state index is 2.80. The molecule has 176 valence electrons. The number of para-hydroxylation sites is 3. The van der Waals surface area contributed by atoms with Gasteiger partial charge in [-0.05, 0) is 66.3 Å². The van der Waals surface area contributed by atoms with Crippen LogP contribution in [0.3, 0.4) is 0 Å². The summed E-state index contributed by atoms with van der Waals surface area (Å²) in [4.78, 5) is 2.80. The number of fused-ring (bicyclic) bond motifs is 7. The minimum Gasteiger partial charge on any atom is -0.336 e. The van der Waals surface area contributed by atoms with Crippen molar-refractivity contribution in [3.05, 3.63) is 84.4 Å². The third-order valence-corrected chi connectivity index (χ3v) is 9.40. The summed E-state index contributed by atoms with van der Waals surface area (Å²) in [6, 6.07) is 30.1. The van der Waals surface area contributed by atoms with E-state index < -0.39 is 0 Å². The van der Waals surface area contributed by atoms with Gasteiger partial charge in [-0.15, -0.1) is 0 Å². The summed E-state index contributed by atoms with van der Waals surface area (Å²) < 4.78 is 2.56. The van der Waals surface area contributed by atoms with E-state index in [1.807, 2.05) is 0 Å². The van der Waals surface area contributed by atoms with Crippen molar-refractivity contribution in [3.8, 4) is 5.69 Å². The Morgan fingerprint density at radius 3 is 2.33 bits per heavy atom. The smallest absolute Gasteiger partial charge is 0.252 e. The molecule has 0 N–H and O–H groups in total. The largest absolute Gasteiger partial charge is 0.336 e. The number of rotatable bonds is 2. The average molecular weight is 466 g/mol. The van der Waals surface area contributed by atoms with Crippen LogP contribution in [0.15, 0.2) is 78.9 Å². The van der Waals surface area contributed by atoms with Crippen molar-refractivity contribution in [2.24, 2.45) is 0 Å². The number of anilines is 2. The van der Waals surface area contributed by atoms with Crippen LogP contribution < -0.4 is 21.3 Å². The Hall–Kier alpha value is -3.46. The molecular formula is C33H31BN2. The molecule has 5 aromatic rings. The number of hydrogen-bond donors (Lipinski definition) is 0. The molecule has 1 fully saturated rings. The summed E-state index contributed by atoms with van der Waals surface area (Å²) in [6.45, 7) is 5.12. The van der Waals surface area contributed by atoms with Gasteiger partial charge in [0.1, 0.15) is 0 Å². The molecule has 0 radical (unpaired) electrons. The highest BCUT2D eigenvalue weighted by Gasteiger charge is 2.46. The molecule has 0 bridgehead atoms. The van der Waals surface area contributed by atoms with E-state index in [0.29, 0.717) is 0 Å². The minimum atomic E-state index is 0.142. The molecule has 0 saturated heterocycles. The Morgan fingerprint density at radius 1 is 0.750 bits per heavy atom. The number of nitrogens with zero attached hydrogens (tertiary/aromatic N) is 2. The van der Waals surface area contributed by atoms with Crippen LogP contribution in [-0.2, 0) is 6.42 Å². The van der Waals surface area contributed by atoms with Crippen LogP contribution in [0, 0.1) is 0 Å². The van der Waals surface area contributed by atoms with Crippen molar-refractivity contribution in [1.29, 1.82) is 0 Å². The SMILES string of the molecule is CCc1cccc2c1N(C1(C)CCCCC1)c1cccc3c1B2c1cccc2c4ccccc4n-3c12. The first-order chi connectivity index (χ1) is 17.7. The van der Waals surface area contributed by atoms with E-state index in [2.05, 4.69) is 102 Å². The van der Waals surface area contributed by atoms with Crippen LogP contribution in [0.1, 0.15) is 51.5 Å². The maximum atomic E-state index is 2.80. The molecule has 0 atom stereocenters. The third kappa shape index (κ3) is 2.49. The third-order valence-electron chi connectivity index (χ3n) is 9.40. The molecular weight excluding hydrogens is 435 g/mol. The van der Waals surface area contributed by atoms with Gasteiger partial charge in [0.25, 0.3) is 6.71 Å². The van der Waals surface area contributed by atoms with E-state index in [-0.39, 0.29) is 12.3 Å². The van der Waals surface area contributed by atoms with Crippen LogP contribution in [0.25, 0.3) is 27.5 Å². The van der Waals surface area contributed by atoms with Gasteiger partial charge in [-0.1, -0.05) is 86.8 Å². The second-order valence-electron chi connectivity index (χ2n) is 11.3. The van der Waals surface area contributed by atoms with Crippen LogP contribution in [0.2, 0.25) is 0 Å². The molecule has 4 aromatic carbocycles. The van der Waals surface area contributed by atoms with E-state index in [4.69, 9.17) is 0 Å². The molecule has 1 saturated carbocycles. The molecule has 3 heterocycles. The highest BCUT2D eigenvalue weighted by Crippen LogP contribution is 2.46. The predicted molar refractivity (Wildman–Crippen MR) is 155 cm³/mol. The van der Waals surface area contributed by atoms with Gasteiger partial charge in [-0.25, -0.2) is 0 Å². The zero-order valence-electron chi connectivity index (χ0n) is 21.2. The average Bonchev–Trinajstić information content (AvgIpc) is 3.26. The first-order valence-electron chi connectivity index (χ1n) is 13.8. The van der Waals surface area contributed by atoms with Crippen molar-refractivity contribution >= 4 is 56.3 Å². The Balaban J connectivity index is 1.55. The fraction of sp³-hybridized carbons (Fsp3) is 0.273. The van der Waals surface area contributed by atoms with Gasteiger partial charge < -0.3 is 9.47 Å². The lowest BCUT2D eigenvalue weighted by Gasteiger charge is -2.51. The van der Waals surface area contributed by atoms with Crippen molar-refractivity contribution in [1.82, 2.24) is 4.57 Å². The molecule has 2 aliphatic heterocycles. The summed E-state index contributed by atoms with van der Waals surface area (Å²) in [6.07, 6.45) is 7.57. The Bertz CT molecular complexity index is 1690. The summed E-state index contributed by atoms with van der Waals surface area (Å²) in [5, 5.41) is 2.72. The number of hydrogen-bond acceptors (Lipinski definition) is 1. The summed E-state index contributed by atoms with van der Waals surface area (Å²) >= 11 is 0. The van der Waals surface area contributed by atoms with Gasteiger partial charge in [-0.2, -0.15) is 0 Å². The Morgan fingerprint density at radius 2 is 1.47 bits per heavy atom. The predicted octanol–water partition coefficient (Wildman–Crippen LogP) is 6.35. The van der Waals surface area contributed by atoms with Gasteiger partial charge >= 0.3 is 0 Å². The summed E-state index contributed by atoms with van der Waals surface area (Å²) in [5.74, 6) is 0. The molecule has 1 aliphatic carbocycles. The van der Waals surface area contributed by atoms with E-state index in [1.54, 1.807) is 0 Å². The van der Waals surface area contributed by atoms with Crippen LogP contribution >= 0.6 is 0 Å². The molecule has 0 amide bonds. The molecule has 3 heteroatoms. The fourth-order valence-electron chi connectivity index (χ4n) is 7.85. The summed E-state index contributed by atoms with van der Waals surface area (Å²) in [7, 11) is 0. The van der Waals surface area contributed by atoms with Crippen molar-refractivity contribution in [3.63, 3.8) is 0 Å². The Kier molecular flexibility index (Phi) is 4.19. The summed E-state index contributed by atoms with van der Waals surface area (Å²) in [5.41, 5.74) is 13.0. The molecule has 8 rings (SSSR count). The zero-order chi connectivity index (χ0) is 24.0. The fourth-order valence-corrected chi connectivity index (χ4v) is 7.85. The monoisotopic (exact) mass is 466 g/mol. The van der Waals surface area contributed by atoms with Crippen LogP contribution in [0.4, 0.5) is 11.4 Å².